The summed E-state index contributed by atoms with van der Waals surface area (Å²) in [6, 6.07) is 5.02. The lowest BCUT2D eigenvalue weighted by atomic mass is 10.0. The molecule has 0 saturated carbocycles. The predicted molar refractivity (Wildman–Crippen MR) is 84.9 cm³/mol. The van der Waals surface area contributed by atoms with Gasteiger partial charge in [-0.05, 0) is 24.6 Å². The van der Waals surface area contributed by atoms with Crippen molar-refractivity contribution in [3.8, 4) is 5.75 Å². The Labute approximate surface area is 131 Å². The van der Waals surface area contributed by atoms with E-state index in [1.807, 2.05) is 0 Å². The fourth-order valence-electron chi connectivity index (χ4n) is 1.86. The third-order valence-corrected chi connectivity index (χ3v) is 3.84. The van der Waals surface area contributed by atoms with Gasteiger partial charge in [0.1, 0.15) is 18.5 Å². The summed E-state index contributed by atoms with van der Waals surface area (Å²) in [5.41, 5.74) is 0. The molecule has 1 aromatic carbocycles. The summed E-state index contributed by atoms with van der Waals surface area (Å²) in [7, 11) is 0. The Hall–Kier alpha value is -0.480. The second kappa shape index (κ2) is 9.46. The molecule has 1 aromatic rings. The number of hydrogen-bond acceptors (Lipinski definition) is 3. The zero-order valence-electron chi connectivity index (χ0n) is 12.0. The lowest BCUT2D eigenvalue weighted by Gasteiger charge is -2.17. The molecule has 0 aliphatic rings. The molecule has 3 nitrogen and oxygen atoms in total. The fraction of sp³-hybridized carbons (Fsp3) is 0.600. The first-order valence-corrected chi connectivity index (χ1v) is 7.79. The second-order valence-corrected chi connectivity index (χ2v) is 5.72. The molecule has 1 rings (SSSR count). The lowest BCUT2D eigenvalue weighted by molar-refractivity contribution is 0.105. The minimum absolute atomic E-state index is 0.190. The maximum Gasteiger partial charge on any atom is 0.139 e. The zero-order chi connectivity index (χ0) is 15.0. The average molecular weight is 320 g/mol. The number of aliphatic hydroxyl groups excluding tert-OH is 1. The topological polar surface area (TPSA) is 41.5 Å². The molecular weight excluding hydrogens is 297 g/mol. The van der Waals surface area contributed by atoms with Crippen LogP contribution in [0.1, 0.15) is 26.7 Å². The van der Waals surface area contributed by atoms with Crippen molar-refractivity contribution in [3.05, 3.63) is 28.2 Å². The van der Waals surface area contributed by atoms with Gasteiger partial charge in [-0.2, -0.15) is 0 Å². The first-order valence-electron chi connectivity index (χ1n) is 7.03. The average Bonchev–Trinajstić information content (AvgIpc) is 2.44. The van der Waals surface area contributed by atoms with Crippen LogP contribution in [0.2, 0.25) is 10.0 Å². The molecule has 0 bridgehead atoms. The maximum atomic E-state index is 9.87. The van der Waals surface area contributed by atoms with Gasteiger partial charge in [0, 0.05) is 17.6 Å². The van der Waals surface area contributed by atoms with E-state index in [0.717, 1.165) is 19.4 Å². The molecule has 0 spiro atoms. The van der Waals surface area contributed by atoms with Crippen molar-refractivity contribution in [1.82, 2.24) is 5.32 Å². The van der Waals surface area contributed by atoms with E-state index in [0.29, 0.717) is 28.3 Å². The van der Waals surface area contributed by atoms with Gasteiger partial charge in [-0.25, -0.2) is 0 Å². The van der Waals surface area contributed by atoms with Crippen molar-refractivity contribution in [2.24, 2.45) is 5.92 Å². The highest BCUT2D eigenvalue weighted by Crippen LogP contribution is 2.27. The van der Waals surface area contributed by atoms with Gasteiger partial charge in [0.2, 0.25) is 0 Å². The Morgan fingerprint density at radius 1 is 1.20 bits per heavy atom. The molecule has 0 aliphatic heterocycles. The Bertz CT molecular complexity index is 397. The minimum Gasteiger partial charge on any atom is -0.489 e. The van der Waals surface area contributed by atoms with E-state index in [-0.39, 0.29) is 6.61 Å². The Morgan fingerprint density at radius 3 is 2.55 bits per heavy atom. The first kappa shape index (κ1) is 17.6. The van der Waals surface area contributed by atoms with Crippen molar-refractivity contribution in [2.75, 3.05) is 19.7 Å². The van der Waals surface area contributed by atoms with Crippen LogP contribution < -0.4 is 10.1 Å². The minimum atomic E-state index is -0.570. The van der Waals surface area contributed by atoms with Gasteiger partial charge in [-0.1, -0.05) is 49.9 Å². The smallest absolute Gasteiger partial charge is 0.139 e. The van der Waals surface area contributed by atoms with Crippen molar-refractivity contribution in [2.45, 2.75) is 32.8 Å². The Morgan fingerprint density at radius 2 is 1.90 bits per heavy atom. The van der Waals surface area contributed by atoms with E-state index in [2.05, 4.69) is 19.2 Å². The number of nitrogens with one attached hydrogen (secondary N) is 1. The van der Waals surface area contributed by atoms with Crippen LogP contribution >= 0.6 is 23.2 Å². The number of halogens is 2. The van der Waals surface area contributed by atoms with Gasteiger partial charge in [-0.15, -0.1) is 0 Å². The molecule has 0 radical (unpaired) electrons. The number of hydrogen-bond donors (Lipinski definition) is 2. The van der Waals surface area contributed by atoms with Gasteiger partial charge < -0.3 is 15.2 Å². The van der Waals surface area contributed by atoms with Crippen LogP contribution in [-0.2, 0) is 0 Å². The summed E-state index contributed by atoms with van der Waals surface area (Å²) in [5.74, 6) is 1.16. The molecule has 0 fully saturated rings. The lowest BCUT2D eigenvalue weighted by Crippen LogP contribution is -2.34. The third-order valence-electron chi connectivity index (χ3n) is 3.29. The molecule has 0 amide bonds. The highest BCUT2D eigenvalue weighted by atomic mass is 35.5. The maximum absolute atomic E-state index is 9.87. The highest BCUT2D eigenvalue weighted by Gasteiger charge is 2.09. The monoisotopic (exact) mass is 319 g/mol. The standard InChI is InChI=1S/C15H23Cl2NO2/c1-3-11(4-2)8-18-9-13(19)10-20-15-7-12(16)5-6-14(15)17/h5-7,11,13,18-19H,3-4,8-10H2,1-2H3. The van der Waals surface area contributed by atoms with Crippen LogP contribution in [0.3, 0.4) is 0 Å². The van der Waals surface area contributed by atoms with Crippen LogP contribution in [0.25, 0.3) is 0 Å². The van der Waals surface area contributed by atoms with E-state index in [4.69, 9.17) is 27.9 Å². The van der Waals surface area contributed by atoms with Gasteiger partial charge in [0.15, 0.2) is 0 Å². The molecule has 20 heavy (non-hydrogen) atoms. The van der Waals surface area contributed by atoms with Gasteiger partial charge in [0.25, 0.3) is 0 Å². The molecule has 1 atom stereocenters. The number of ether oxygens (including phenoxy) is 1. The molecule has 2 N–H and O–H groups in total. The summed E-state index contributed by atoms with van der Waals surface area (Å²) in [6.45, 7) is 5.97. The molecule has 0 aromatic heterocycles. The van der Waals surface area contributed by atoms with Crippen LogP contribution in [-0.4, -0.2) is 30.9 Å². The van der Waals surface area contributed by atoms with Gasteiger partial charge in [-0.3, -0.25) is 0 Å². The number of aliphatic hydroxyl groups is 1. The molecule has 0 heterocycles. The Balaban J connectivity index is 2.29. The molecule has 5 heteroatoms. The SMILES string of the molecule is CCC(CC)CNCC(O)COc1cc(Cl)ccc1Cl. The molecule has 0 saturated heterocycles. The summed E-state index contributed by atoms with van der Waals surface area (Å²) >= 11 is 11.9. The highest BCUT2D eigenvalue weighted by molar-refractivity contribution is 6.34. The quantitative estimate of drug-likeness (QED) is 0.728. The van der Waals surface area contributed by atoms with Crippen LogP contribution in [0, 0.1) is 5.92 Å². The molecular formula is C15H23Cl2NO2. The third kappa shape index (κ3) is 6.31. The molecule has 114 valence electrons. The van der Waals surface area contributed by atoms with Crippen molar-refractivity contribution >= 4 is 23.2 Å². The van der Waals surface area contributed by atoms with E-state index in [9.17, 15) is 5.11 Å². The molecule has 1 unspecified atom stereocenters. The predicted octanol–water partition coefficient (Wildman–Crippen LogP) is 3.76. The zero-order valence-corrected chi connectivity index (χ0v) is 13.5. The largest absolute Gasteiger partial charge is 0.489 e. The second-order valence-electron chi connectivity index (χ2n) is 4.88. The first-order chi connectivity index (χ1) is 9.56. The fourth-order valence-corrected chi connectivity index (χ4v) is 2.20. The van der Waals surface area contributed by atoms with Crippen molar-refractivity contribution in [3.63, 3.8) is 0 Å². The summed E-state index contributed by atoms with van der Waals surface area (Å²) in [6.07, 6.45) is 1.72. The van der Waals surface area contributed by atoms with E-state index in [1.54, 1.807) is 18.2 Å². The Kier molecular flexibility index (Phi) is 8.31. The van der Waals surface area contributed by atoms with Crippen LogP contribution in [0.5, 0.6) is 5.75 Å². The summed E-state index contributed by atoms with van der Waals surface area (Å²) < 4.78 is 5.48. The van der Waals surface area contributed by atoms with Gasteiger partial charge in [0.05, 0.1) is 5.02 Å². The normalized spacial score (nSPS) is 12.7. The summed E-state index contributed by atoms with van der Waals surface area (Å²) in [4.78, 5) is 0. The van der Waals surface area contributed by atoms with Crippen molar-refractivity contribution < 1.29 is 9.84 Å². The molecule has 0 aliphatic carbocycles. The van der Waals surface area contributed by atoms with Crippen LogP contribution in [0.15, 0.2) is 18.2 Å². The van der Waals surface area contributed by atoms with E-state index < -0.39 is 6.10 Å². The van der Waals surface area contributed by atoms with Crippen molar-refractivity contribution in [1.29, 1.82) is 0 Å². The summed E-state index contributed by atoms with van der Waals surface area (Å²) in [5, 5.41) is 14.2. The van der Waals surface area contributed by atoms with Gasteiger partial charge >= 0.3 is 0 Å². The number of benzene rings is 1. The number of rotatable bonds is 9. The van der Waals surface area contributed by atoms with E-state index >= 15 is 0 Å². The van der Waals surface area contributed by atoms with E-state index in [1.165, 1.54) is 0 Å². The van der Waals surface area contributed by atoms with Crippen LogP contribution in [0.4, 0.5) is 0 Å².